The molecule has 0 aliphatic heterocycles. The summed E-state index contributed by atoms with van der Waals surface area (Å²) in [5.41, 5.74) is 2.20. The van der Waals surface area contributed by atoms with Crippen LogP contribution in [0.15, 0.2) is 59.1 Å². The van der Waals surface area contributed by atoms with E-state index in [4.69, 9.17) is 4.42 Å². The Morgan fingerprint density at radius 2 is 1.92 bits per heavy atom. The van der Waals surface area contributed by atoms with Crippen molar-refractivity contribution in [1.29, 1.82) is 0 Å². The van der Waals surface area contributed by atoms with Gasteiger partial charge in [0.1, 0.15) is 5.82 Å². The van der Waals surface area contributed by atoms with E-state index in [-0.39, 0.29) is 17.7 Å². The molecule has 0 aliphatic rings. The number of benzene rings is 2. The lowest BCUT2D eigenvalue weighted by molar-refractivity contribution is 0.102. The highest BCUT2D eigenvalue weighted by Crippen LogP contribution is 2.19. The van der Waals surface area contributed by atoms with Gasteiger partial charge < -0.3 is 9.40 Å². The molecule has 2 aromatic carbocycles. The number of hydrogen-bond acceptors (Lipinski definition) is 4. The van der Waals surface area contributed by atoms with Gasteiger partial charge in [-0.25, -0.2) is 4.39 Å². The van der Waals surface area contributed by atoms with Crippen LogP contribution >= 0.6 is 0 Å². The van der Waals surface area contributed by atoms with Crippen molar-refractivity contribution in [2.45, 2.75) is 6.42 Å². The minimum atomic E-state index is -0.338. The third-order valence-corrected chi connectivity index (χ3v) is 3.79. The second-order valence-electron chi connectivity index (χ2n) is 5.51. The zero-order chi connectivity index (χ0) is 17.2. The highest BCUT2D eigenvalue weighted by atomic mass is 19.1. The van der Waals surface area contributed by atoms with E-state index in [0.29, 0.717) is 17.9 Å². The van der Waals surface area contributed by atoms with Gasteiger partial charge in [0.05, 0.1) is 12.0 Å². The fraction of sp³-hybridized carbons (Fsp3) is 0.0556. The number of aromatic nitrogens is 3. The number of nitrogens with zero attached hydrogens (tertiary/aromatic N) is 2. The van der Waals surface area contributed by atoms with Crippen molar-refractivity contribution < 1.29 is 13.6 Å². The van der Waals surface area contributed by atoms with Gasteiger partial charge >= 0.3 is 6.01 Å². The van der Waals surface area contributed by atoms with Gasteiger partial charge in [0.25, 0.3) is 5.91 Å². The molecule has 4 aromatic rings. The van der Waals surface area contributed by atoms with Crippen molar-refractivity contribution in [3.63, 3.8) is 0 Å². The number of carbonyl (C=O) groups excluding carboxylic acids is 1. The maximum absolute atomic E-state index is 12.9. The number of nitrogens with one attached hydrogen (secondary N) is 2. The molecular formula is C18H13FN4O2. The van der Waals surface area contributed by atoms with Crippen LogP contribution in [0.4, 0.5) is 10.4 Å². The lowest BCUT2D eigenvalue weighted by atomic mass is 10.1. The van der Waals surface area contributed by atoms with Crippen molar-refractivity contribution in [2.75, 3.05) is 5.32 Å². The smallest absolute Gasteiger partial charge is 0.322 e. The normalized spacial score (nSPS) is 10.9. The third kappa shape index (κ3) is 3.12. The summed E-state index contributed by atoms with van der Waals surface area (Å²) in [5, 5.41) is 11.1. The Labute approximate surface area is 141 Å². The van der Waals surface area contributed by atoms with Gasteiger partial charge in [-0.15, -0.1) is 5.10 Å². The predicted molar refractivity (Wildman–Crippen MR) is 89.8 cm³/mol. The minimum absolute atomic E-state index is 0.0207. The van der Waals surface area contributed by atoms with Gasteiger partial charge in [-0.1, -0.05) is 35.4 Å². The molecule has 0 aliphatic carbocycles. The molecule has 2 aromatic heterocycles. The van der Waals surface area contributed by atoms with E-state index < -0.39 is 0 Å². The SMILES string of the molecule is O=C(Nc1nnc(Cc2ccc(F)cc2)o1)c1c[nH]c2ccccc12. The van der Waals surface area contributed by atoms with E-state index in [0.717, 1.165) is 16.5 Å². The fourth-order valence-electron chi connectivity index (χ4n) is 2.58. The molecule has 0 unspecified atom stereocenters. The third-order valence-electron chi connectivity index (χ3n) is 3.79. The number of carbonyl (C=O) groups is 1. The molecule has 6 nitrogen and oxygen atoms in total. The average molecular weight is 336 g/mol. The standard InChI is InChI=1S/C18H13FN4O2/c19-12-7-5-11(6-8-12)9-16-22-23-18(25-16)21-17(24)14-10-20-15-4-2-1-3-13(14)15/h1-8,10,20H,9H2,(H,21,23,24). The number of H-pyrrole nitrogens is 1. The zero-order valence-corrected chi connectivity index (χ0v) is 13.0. The monoisotopic (exact) mass is 336 g/mol. The number of fused-ring (bicyclic) bond motifs is 1. The topological polar surface area (TPSA) is 83.8 Å². The van der Waals surface area contributed by atoms with Crippen molar-refractivity contribution in [2.24, 2.45) is 0 Å². The Morgan fingerprint density at radius 1 is 1.12 bits per heavy atom. The summed E-state index contributed by atoms with van der Waals surface area (Å²) < 4.78 is 18.4. The first-order valence-corrected chi connectivity index (χ1v) is 7.63. The maximum atomic E-state index is 12.9. The Bertz CT molecular complexity index is 1040. The number of para-hydroxylation sites is 1. The molecule has 0 spiro atoms. The largest absolute Gasteiger partial charge is 0.407 e. The van der Waals surface area contributed by atoms with Crippen LogP contribution in [0.3, 0.4) is 0 Å². The zero-order valence-electron chi connectivity index (χ0n) is 13.0. The Balaban J connectivity index is 1.49. The van der Waals surface area contributed by atoms with Gasteiger partial charge in [0.2, 0.25) is 5.89 Å². The van der Waals surface area contributed by atoms with Gasteiger partial charge in [-0.05, 0) is 23.8 Å². The maximum Gasteiger partial charge on any atom is 0.322 e. The first-order valence-electron chi connectivity index (χ1n) is 7.63. The van der Waals surface area contributed by atoms with Gasteiger partial charge in [-0.3, -0.25) is 10.1 Å². The molecule has 25 heavy (non-hydrogen) atoms. The lowest BCUT2D eigenvalue weighted by Gasteiger charge is -1.99. The summed E-state index contributed by atoms with van der Waals surface area (Å²) in [6, 6.07) is 13.5. The van der Waals surface area contributed by atoms with E-state index in [9.17, 15) is 9.18 Å². The molecule has 0 saturated carbocycles. The lowest BCUT2D eigenvalue weighted by Crippen LogP contribution is -2.11. The summed E-state index contributed by atoms with van der Waals surface area (Å²) in [7, 11) is 0. The van der Waals surface area contributed by atoms with Crippen molar-refractivity contribution in [3.05, 3.63) is 77.6 Å². The molecule has 0 bridgehead atoms. The molecule has 124 valence electrons. The fourth-order valence-corrected chi connectivity index (χ4v) is 2.58. The molecule has 0 saturated heterocycles. The molecule has 0 atom stereocenters. The molecular weight excluding hydrogens is 323 g/mol. The molecule has 7 heteroatoms. The van der Waals surface area contributed by atoms with E-state index in [1.54, 1.807) is 18.3 Å². The van der Waals surface area contributed by atoms with Crippen LogP contribution in [0.2, 0.25) is 0 Å². The van der Waals surface area contributed by atoms with Crippen molar-refractivity contribution in [1.82, 2.24) is 15.2 Å². The van der Waals surface area contributed by atoms with Crippen LogP contribution in [-0.2, 0) is 6.42 Å². The van der Waals surface area contributed by atoms with Crippen LogP contribution in [0.5, 0.6) is 0 Å². The van der Waals surface area contributed by atoms with Gasteiger partial charge in [-0.2, -0.15) is 0 Å². The second-order valence-corrected chi connectivity index (χ2v) is 5.51. The van der Waals surface area contributed by atoms with Crippen LogP contribution in [0.25, 0.3) is 10.9 Å². The first-order chi connectivity index (χ1) is 12.2. The van der Waals surface area contributed by atoms with Crippen LogP contribution in [-0.4, -0.2) is 21.1 Å². The number of aromatic amines is 1. The molecule has 1 amide bonds. The van der Waals surface area contributed by atoms with Crippen molar-refractivity contribution >= 4 is 22.8 Å². The highest BCUT2D eigenvalue weighted by Gasteiger charge is 2.15. The highest BCUT2D eigenvalue weighted by molar-refractivity contribution is 6.12. The molecule has 0 radical (unpaired) electrons. The minimum Gasteiger partial charge on any atom is -0.407 e. The summed E-state index contributed by atoms with van der Waals surface area (Å²) in [4.78, 5) is 15.4. The average Bonchev–Trinajstić information content (AvgIpc) is 3.23. The number of hydrogen-bond donors (Lipinski definition) is 2. The summed E-state index contributed by atoms with van der Waals surface area (Å²) in [6.45, 7) is 0. The number of anilines is 1. The van der Waals surface area contributed by atoms with Crippen LogP contribution in [0, 0.1) is 5.82 Å². The number of halogens is 1. The Morgan fingerprint density at radius 3 is 2.76 bits per heavy atom. The predicted octanol–water partition coefficient (Wildman–Crippen LogP) is 3.53. The number of amides is 1. The van der Waals surface area contributed by atoms with Crippen molar-refractivity contribution in [3.8, 4) is 0 Å². The molecule has 2 N–H and O–H groups in total. The number of rotatable bonds is 4. The molecule has 2 heterocycles. The Kier molecular flexibility index (Phi) is 3.74. The summed E-state index contributed by atoms with van der Waals surface area (Å²) >= 11 is 0. The Hall–Kier alpha value is -3.48. The van der Waals surface area contributed by atoms with Crippen LogP contribution < -0.4 is 5.32 Å². The van der Waals surface area contributed by atoms with Gasteiger partial charge in [0, 0.05) is 17.1 Å². The quantitative estimate of drug-likeness (QED) is 0.597. The van der Waals surface area contributed by atoms with Gasteiger partial charge in [0.15, 0.2) is 0 Å². The second kappa shape index (κ2) is 6.20. The first kappa shape index (κ1) is 15.1. The molecule has 4 rings (SSSR count). The summed E-state index contributed by atoms with van der Waals surface area (Å²) in [6.07, 6.45) is 1.99. The molecule has 0 fully saturated rings. The van der Waals surface area contributed by atoms with E-state index in [1.165, 1.54) is 12.1 Å². The van der Waals surface area contributed by atoms with E-state index >= 15 is 0 Å². The van der Waals surface area contributed by atoms with Crippen LogP contribution in [0.1, 0.15) is 21.8 Å². The summed E-state index contributed by atoms with van der Waals surface area (Å²) in [5.74, 6) is -0.309. The van der Waals surface area contributed by atoms with E-state index in [1.807, 2.05) is 24.3 Å². The van der Waals surface area contributed by atoms with E-state index in [2.05, 4.69) is 20.5 Å².